The second-order valence-electron chi connectivity index (χ2n) is 4.73. The molecule has 0 unspecified atom stereocenters. The van der Waals surface area contributed by atoms with Gasteiger partial charge < -0.3 is 5.73 Å². The predicted molar refractivity (Wildman–Crippen MR) is 65.2 cm³/mol. The van der Waals surface area contributed by atoms with Crippen LogP contribution in [0.2, 0.25) is 5.02 Å². The molecule has 1 nitrogen and oxygen atoms in total. The van der Waals surface area contributed by atoms with Gasteiger partial charge in [-0.25, -0.2) is 0 Å². The topological polar surface area (TPSA) is 26.0 Å². The van der Waals surface area contributed by atoms with Gasteiger partial charge in [0.25, 0.3) is 0 Å². The van der Waals surface area contributed by atoms with E-state index in [4.69, 9.17) is 17.3 Å². The van der Waals surface area contributed by atoms with Gasteiger partial charge in [0.1, 0.15) is 0 Å². The van der Waals surface area contributed by atoms with E-state index >= 15 is 0 Å². The maximum Gasteiger partial charge on any atom is 0.0406 e. The lowest BCUT2D eigenvalue weighted by atomic mass is 9.78. The molecule has 0 radical (unpaired) electrons. The molecule has 0 aromatic heterocycles. The van der Waals surface area contributed by atoms with E-state index in [1.54, 1.807) is 0 Å². The molecular weight excluding hydrogens is 206 g/mol. The first-order chi connectivity index (χ1) is 7.18. The third kappa shape index (κ3) is 2.96. The van der Waals surface area contributed by atoms with Crippen molar-refractivity contribution in [3.63, 3.8) is 0 Å². The Morgan fingerprint density at radius 2 is 1.67 bits per heavy atom. The molecule has 0 atom stereocenters. The van der Waals surface area contributed by atoms with Gasteiger partial charge in [-0.3, -0.25) is 0 Å². The first-order valence-corrected chi connectivity index (χ1v) is 6.09. The van der Waals surface area contributed by atoms with Crippen LogP contribution in [0.3, 0.4) is 0 Å². The summed E-state index contributed by atoms with van der Waals surface area (Å²) in [5.41, 5.74) is 7.74. The molecule has 0 aliphatic heterocycles. The zero-order valence-electron chi connectivity index (χ0n) is 9.01. The summed E-state index contributed by atoms with van der Waals surface area (Å²) in [5, 5.41) is 0.800. The summed E-state index contributed by atoms with van der Waals surface area (Å²) in [6.07, 6.45) is 7.23. The molecule has 0 spiro atoms. The SMILES string of the molecule is NC1(Cc2ccc(Cl)cc2)CCCCC1. The van der Waals surface area contributed by atoms with E-state index in [1.165, 1.54) is 24.8 Å². The van der Waals surface area contributed by atoms with Gasteiger partial charge in [-0.2, -0.15) is 0 Å². The summed E-state index contributed by atoms with van der Waals surface area (Å²) < 4.78 is 0. The highest BCUT2D eigenvalue weighted by atomic mass is 35.5. The minimum atomic E-state index is 0.0338. The fourth-order valence-electron chi connectivity index (χ4n) is 2.44. The van der Waals surface area contributed by atoms with Crippen molar-refractivity contribution in [1.82, 2.24) is 0 Å². The molecule has 1 aliphatic carbocycles. The minimum Gasteiger partial charge on any atom is -0.325 e. The van der Waals surface area contributed by atoms with Gasteiger partial charge in [-0.15, -0.1) is 0 Å². The molecule has 1 aromatic rings. The average Bonchev–Trinajstić information content (AvgIpc) is 2.22. The van der Waals surface area contributed by atoms with Gasteiger partial charge in [0.15, 0.2) is 0 Å². The largest absolute Gasteiger partial charge is 0.325 e. The molecule has 2 N–H and O–H groups in total. The zero-order chi connectivity index (χ0) is 10.7. The fraction of sp³-hybridized carbons (Fsp3) is 0.538. The maximum absolute atomic E-state index is 6.40. The van der Waals surface area contributed by atoms with E-state index in [-0.39, 0.29) is 5.54 Å². The zero-order valence-corrected chi connectivity index (χ0v) is 9.76. The van der Waals surface area contributed by atoms with Crippen LogP contribution < -0.4 is 5.73 Å². The molecule has 0 heterocycles. The van der Waals surface area contributed by atoms with Crippen LogP contribution in [0.5, 0.6) is 0 Å². The van der Waals surface area contributed by atoms with Crippen LogP contribution >= 0.6 is 11.6 Å². The Labute approximate surface area is 96.6 Å². The smallest absolute Gasteiger partial charge is 0.0406 e. The minimum absolute atomic E-state index is 0.0338. The van der Waals surface area contributed by atoms with Crippen LogP contribution in [-0.4, -0.2) is 5.54 Å². The third-order valence-electron chi connectivity index (χ3n) is 3.32. The second kappa shape index (κ2) is 4.54. The van der Waals surface area contributed by atoms with Crippen LogP contribution in [-0.2, 0) is 6.42 Å². The van der Waals surface area contributed by atoms with E-state index in [0.29, 0.717) is 0 Å². The maximum atomic E-state index is 6.40. The van der Waals surface area contributed by atoms with Gasteiger partial charge >= 0.3 is 0 Å². The van der Waals surface area contributed by atoms with Gasteiger partial charge in [-0.05, 0) is 37.0 Å². The van der Waals surface area contributed by atoms with E-state index < -0.39 is 0 Å². The number of rotatable bonds is 2. The molecule has 2 rings (SSSR count). The van der Waals surface area contributed by atoms with Crippen LogP contribution in [0.25, 0.3) is 0 Å². The van der Waals surface area contributed by atoms with Gasteiger partial charge in [0.05, 0.1) is 0 Å². The Kier molecular flexibility index (Phi) is 3.32. The Hall–Kier alpha value is -0.530. The molecule has 0 saturated heterocycles. The van der Waals surface area contributed by atoms with Crippen LogP contribution in [0.1, 0.15) is 37.7 Å². The highest BCUT2D eigenvalue weighted by Crippen LogP contribution is 2.29. The van der Waals surface area contributed by atoms with Crippen molar-refractivity contribution in [2.75, 3.05) is 0 Å². The summed E-state index contributed by atoms with van der Waals surface area (Å²) in [4.78, 5) is 0. The fourth-order valence-corrected chi connectivity index (χ4v) is 2.57. The van der Waals surface area contributed by atoms with Crippen molar-refractivity contribution in [2.45, 2.75) is 44.1 Å². The molecular formula is C13H18ClN. The molecule has 0 bridgehead atoms. The predicted octanol–water partition coefficient (Wildman–Crippen LogP) is 3.54. The quantitative estimate of drug-likeness (QED) is 0.816. The van der Waals surface area contributed by atoms with Crippen molar-refractivity contribution < 1.29 is 0 Å². The van der Waals surface area contributed by atoms with E-state index in [1.807, 2.05) is 12.1 Å². The summed E-state index contributed by atoms with van der Waals surface area (Å²) in [6.45, 7) is 0. The molecule has 82 valence electrons. The lowest BCUT2D eigenvalue weighted by Gasteiger charge is -2.33. The van der Waals surface area contributed by atoms with Crippen LogP contribution in [0.4, 0.5) is 0 Å². The van der Waals surface area contributed by atoms with E-state index in [2.05, 4.69) is 12.1 Å². The Morgan fingerprint density at radius 3 is 2.27 bits per heavy atom. The standard InChI is InChI=1S/C13H18ClN/c14-12-6-4-11(5-7-12)10-13(15)8-2-1-3-9-13/h4-7H,1-3,8-10,15H2. The van der Waals surface area contributed by atoms with E-state index in [9.17, 15) is 0 Å². The van der Waals surface area contributed by atoms with Crippen LogP contribution in [0.15, 0.2) is 24.3 Å². The monoisotopic (exact) mass is 223 g/mol. The van der Waals surface area contributed by atoms with Gasteiger partial charge in [0, 0.05) is 10.6 Å². The Balaban J connectivity index is 2.03. The lowest BCUT2D eigenvalue weighted by Crippen LogP contribution is -2.43. The van der Waals surface area contributed by atoms with Gasteiger partial charge in [-0.1, -0.05) is 43.0 Å². The van der Waals surface area contributed by atoms with Crippen molar-refractivity contribution in [3.05, 3.63) is 34.9 Å². The number of benzene rings is 1. The van der Waals surface area contributed by atoms with Gasteiger partial charge in [0.2, 0.25) is 0 Å². The first kappa shape index (κ1) is 11.0. The molecule has 2 heteroatoms. The van der Waals surface area contributed by atoms with Crippen LogP contribution in [0, 0.1) is 0 Å². The normalized spacial score (nSPS) is 20.1. The molecule has 0 amide bonds. The summed E-state index contributed by atoms with van der Waals surface area (Å²) in [6, 6.07) is 8.07. The van der Waals surface area contributed by atoms with E-state index in [0.717, 1.165) is 24.3 Å². The first-order valence-electron chi connectivity index (χ1n) is 5.71. The Morgan fingerprint density at radius 1 is 1.07 bits per heavy atom. The Bertz CT molecular complexity index is 312. The second-order valence-corrected chi connectivity index (χ2v) is 5.16. The summed E-state index contributed by atoms with van der Waals surface area (Å²) in [5.74, 6) is 0. The molecule has 1 saturated carbocycles. The number of hydrogen-bond acceptors (Lipinski definition) is 1. The highest BCUT2D eigenvalue weighted by molar-refractivity contribution is 6.30. The lowest BCUT2D eigenvalue weighted by molar-refractivity contribution is 0.294. The van der Waals surface area contributed by atoms with Crippen molar-refractivity contribution in [1.29, 1.82) is 0 Å². The molecule has 15 heavy (non-hydrogen) atoms. The number of halogens is 1. The molecule has 1 aliphatic rings. The summed E-state index contributed by atoms with van der Waals surface area (Å²) in [7, 11) is 0. The number of nitrogens with two attached hydrogens (primary N) is 1. The van der Waals surface area contributed by atoms with Crippen molar-refractivity contribution in [2.24, 2.45) is 5.73 Å². The molecule has 1 aromatic carbocycles. The highest BCUT2D eigenvalue weighted by Gasteiger charge is 2.27. The average molecular weight is 224 g/mol. The third-order valence-corrected chi connectivity index (χ3v) is 3.57. The van der Waals surface area contributed by atoms with Crippen molar-refractivity contribution in [3.8, 4) is 0 Å². The molecule has 1 fully saturated rings. The van der Waals surface area contributed by atoms with Crippen molar-refractivity contribution >= 4 is 11.6 Å². The number of hydrogen-bond donors (Lipinski definition) is 1. The summed E-state index contributed by atoms with van der Waals surface area (Å²) >= 11 is 5.86.